The van der Waals surface area contributed by atoms with Crippen molar-refractivity contribution in [1.82, 2.24) is 5.32 Å². The minimum Gasteiger partial charge on any atom is -0.482 e. The van der Waals surface area contributed by atoms with Crippen LogP contribution in [0.25, 0.3) is 0 Å². The summed E-state index contributed by atoms with van der Waals surface area (Å²) in [5, 5.41) is 2.97. The molecule has 0 aliphatic carbocycles. The molecule has 21 heavy (non-hydrogen) atoms. The third-order valence-electron chi connectivity index (χ3n) is 2.51. The normalized spacial score (nSPS) is 10.0. The molecule has 1 N–H and O–H groups in total. The van der Waals surface area contributed by atoms with E-state index in [1.54, 1.807) is 19.9 Å². The minimum absolute atomic E-state index is 0.125. The second-order valence-electron chi connectivity index (χ2n) is 4.11. The number of carbonyl (C=O) groups is 2. The molecule has 0 heterocycles. The molecule has 0 saturated heterocycles. The quantitative estimate of drug-likeness (QED) is 0.692. The average molecular weight is 295 g/mol. The zero-order chi connectivity index (χ0) is 15.5. The zero-order valence-electron chi connectivity index (χ0n) is 12.4. The Morgan fingerprint density at radius 1 is 1.05 bits per heavy atom. The fraction of sp³-hybridized carbons (Fsp3) is 0.467. The number of esters is 2. The van der Waals surface area contributed by atoms with Gasteiger partial charge >= 0.3 is 11.9 Å². The summed E-state index contributed by atoms with van der Waals surface area (Å²) in [6, 6.07) is 7.30. The highest BCUT2D eigenvalue weighted by atomic mass is 16.6. The highest BCUT2D eigenvalue weighted by molar-refractivity contribution is 5.71. The van der Waals surface area contributed by atoms with Crippen LogP contribution in [0.3, 0.4) is 0 Å². The number of hydrogen-bond donors (Lipinski definition) is 1. The van der Waals surface area contributed by atoms with E-state index >= 15 is 0 Å². The Balaban J connectivity index is 2.47. The SMILES string of the molecule is CCOC(=O)CNCc1ccccc1OCC(=O)OCC. The van der Waals surface area contributed by atoms with Crippen molar-refractivity contribution < 1.29 is 23.8 Å². The third-order valence-corrected chi connectivity index (χ3v) is 2.51. The van der Waals surface area contributed by atoms with Crippen LogP contribution in [0.15, 0.2) is 24.3 Å². The number of nitrogens with one attached hydrogen (secondary N) is 1. The highest BCUT2D eigenvalue weighted by Gasteiger charge is 2.08. The lowest BCUT2D eigenvalue weighted by atomic mass is 10.2. The fourth-order valence-corrected chi connectivity index (χ4v) is 1.64. The lowest BCUT2D eigenvalue weighted by molar-refractivity contribution is -0.145. The van der Waals surface area contributed by atoms with Gasteiger partial charge in [-0.1, -0.05) is 18.2 Å². The van der Waals surface area contributed by atoms with E-state index in [0.717, 1.165) is 5.56 Å². The maximum Gasteiger partial charge on any atom is 0.344 e. The Labute approximate surface area is 124 Å². The van der Waals surface area contributed by atoms with Crippen LogP contribution in [0, 0.1) is 0 Å². The van der Waals surface area contributed by atoms with E-state index in [-0.39, 0.29) is 19.1 Å². The summed E-state index contributed by atoms with van der Waals surface area (Å²) in [4.78, 5) is 22.5. The Kier molecular flexibility index (Phi) is 7.89. The summed E-state index contributed by atoms with van der Waals surface area (Å²) in [7, 11) is 0. The van der Waals surface area contributed by atoms with Crippen molar-refractivity contribution in [2.24, 2.45) is 0 Å². The van der Waals surface area contributed by atoms with Crippen LogP contribution in [0.4, 0.5) is 0 Å². The molecule has 0 bridgehead atoms. The second kappa shape index (κ2) is 9.77. The van der Waals surface area contributed by atoms with E-state index in [1.165, 1.54) is 0 Å². The van der Waals surface area contributed by atoms with Gasteiger partial charge in [-0.15, -0.1) is 0 Å². The van der Waals surface area contributed by atoms with Gasteiger partial charge in [-0.05, 0) is 19.9 Å². The lowest BCUT2D eigenvalue weighted by Crippen LogP contribution is -2.24. The van der Waals surface area contributed by atoms with E-state index in [1.807, 2.05) is 18.2 Å². The van der Waals surface area contributed by atoms with Crippen molar-refractivity contribution in [2.45, 2.75) is 20.4 Å². The smallest absolute Gasteiger partial charge is 0.344 e. The van der Waals surface area contributed by atoms with Crippen LogP contribution in [-0.2, 0) is 25.6 Å². The Morgan fingerprint density at radius 3 is 2.43 bits per heavy atom. The van der Waals surface area contributed by atoms with Gasteiger partial charge in [0.1, 0.15) is 5.75 Å². The first kappa shape index (κ1) is 17.0. The molecular weight excluding hydrogens is 274 g/mol. The van der Waals surface area contributed by atoms with Crippen LogP contribution in [-0.4, -0.2) is 38.3 Å². The van der Waals surface area contributed by atoms with Crippen molar-refractivity contribution in [3.05, 3.63) is 29.8 Å². The standard InChI is InChI=1S/C15H21NO5/c1-3-19-14(17)10-16-9-12-7-5-6-8-13(12)21-11-15(18)20-4-2/h5-8,16H,3-4,9-11H2,1-2H3. The Hall–Kier alpha value is -2.08. The van der Waals surface area contributed by atoms with Gasteiger partial charge in [0, 0.05) is 12.1 Å². The molecule has 1 aromatic rings. The minimum atomic E-state index is -0.410. The molecule has 0 fully saturated rings. The molecule has 1 aromatic carbocycles. The molecule has 0 unspecified atom stereocenters. The highest BCUT2D eigenvalue weighted by Crippen LogP contribution is 2.17. The molecule has 6 heteroatoms. The molecular formula is C15H21NO5. The number of hydrogen-bond acceptors (Lipinski definition) is 6. The van der Waals surface area contributed by atoms with E-state index in [2.05, 4.69) is 5.32 Å². The van der Waals surface area contributed by atoms with Crippen molar-refractivity contribution in [2.75, 3.05) is 26.4 Å². The molecule has 6 nitrogen and oxygen atoms in total. The zero-order valence-corrected chi connectivity index (χ0v) is 12.4. The maximum atomic E-state index is 11.3. The van der Waals surface area contributed by atoms with Crippen LogP contribution >= 0.6 is 0 Å². The first-order valence-electron chi connectivity index (χ1n) is 6.90. The van der Waals surface area contributed by atoms with Crippen molar-refractivity contribution in [1.29, 1.82) is 0 Å². The molecule has 0 radical (unpaired) electrons. The van der Waals surface area contributed by atoms with Crippen molar-refractivity contribution in [3.8, 4) is 5.75 Å². The van der Waals surface area contributed by atoms with Gasteiger partial charge in [0.05, 0.1) is 19.8 Å². The van der Waals surface area contributed by atoms with Crippen LogP contribution < -0.4 is 10.1 Å². The first-order valence-corrected chi connectivity index (χ1v) is 6.90. The van der Waals surface area contributed by atoms with Crippen molar-refractivity contribution in [3.63, 3.8) is 0 Å². The molecule has 0 spiro atoms. The molecule has 1 rings (SSSR count). The van der Waals surface area contributed by atoms with Gasteiger partial charge in [-0.2, -0.15) is 0 Å². The Bertz CT molecular complexity index is 461. The second-order valence-corrected chi connectivity index (χ2v) is 4.11. The van der Waals surface area contributed by atoms with Gasteiger partial charge in [0.2, 0.25) is 0 Å². The largest absolute Gasteiger partial charge is 0.482 e. The molecule has 0 aliphatic rings. The maximum absolute atomic E-state index is 11.3. The summed E-state index contributed by atoms with van der Waals surface area (Å²) >= 11 is 0. The van der Waals surface area contributed by atoms with Gasteiger partial charge in [0.15, 0.2) is 6.61 Å². The topological polar surface area (TPSA) is 73.9 Å². The number of benzene rings is 1. The molecule has 0 amide bonds. The summed E-state index contributed by atoms with van der Waals surface area (Å²) in [5.74, 6) is -0.129. The number of carbonyl (C=O) groups excluding carboxylic acids is 2. The number of para-hydroxylation sites is 1. The van der Waals surface area contributed by atoms with Gasteiger partial charge in [-0.25, -0.2) is 4.79 Å². The molecule has 0 aliphatic heterocycles. The third kappa shape index (κ3) is 6.76. The van der Waals surface area contributed by atoms with Gasteiger partial charge in [0.25, 0.3) is 0 Å². The first-order chi connectivity index (χ1) is 10.2. The molecule has 0 aromatic heterocycles. The summed E-state index contributed by atoms with van der Waals surface area (Å²) in [6.45, 7) is 4.62. The van der Waals surface area contributed by atoms with Crippen LogP contribution in [0.2, 0.25) is 0 Å². The fourth-order valence-electron chi connectivity index (χ4n) is 1.64. The summed E-state index contributed by atoms with van der Waals surface area (Å²) in [6.07, 6.45) is 0. The molecule has 0 atom stereocenters. The predicted molar refractivity (Wildman–Crippen MR) is 76.9 cm³/mol. The summed E-state index contributed by atoms with van der Waals surface area (Å²) in [5.41, 5.74) is 0.853. The van der Waals surface area contributed by atoms with E-state index in [9.17, 15) is 9.59 Å². The van der Waals surface area contributed by atoms with Gasteiger partial charge < -0.3 is 19.5 Å². The van der Waals surface area contributed by atoms with Crippen molar-refractivity contribution >= 4 is 11.9 Å². The van der Waals surface area contributed by atoms with Crippen LogP contribution in [0.5, 0.6) is 5.75 Å². The van der Waals surface area contributed by atoms with E-state index < -0.39 is 5.97 Å². The lowest BCUT2D eigenvalue weighted by Gasteiger charge is -2.11. The summed E-state index contributed by atoms with van der Waals surface area (Å²) < 4.78 is 15.1. The molecule has 0 saturated carbocycles. The van der Waals surface area contributed by atoms with Gasteiger partial charge in [-0.3, -0.25) is 4.79 Å². The molecule has 116 valence electrons. The Morgan fingerprint density at radius 2 is 1.71 bits per heavy atom. The predicted octanol–water partition coefficient (Wildman–Crippen LogP) is 1.28. The van der Waals surface area contributed by atoms with E-state index in [4.69, 9.17) is 14.2 Å². The number of rotatable bonds is 9. The van der Waals surface area contributed by atoms with E-state index in [0.29, 0.717) is 25.5 Å². The van der Waals surface area contributed by atoms with Crippen LogP contribution in [0.1, 0.15) is 19.4 Å². The average Bonchev–Trinajstić information content (AvgIpc) is 2.47. The monoisotopic (exact) mass is 295 g/mol. The number of ether oxygens (including phenoxy) is 3.